The van der Waals surface area contributed by atoms with Crippen LogP contribution in [0.4, 0.5) is 5.95 Å². The summed E-state index contributed by atoms with van der Waals surface area (Å²) < 4.78 is 13.4. The normalized spacial score (nSPS) is 20.3. The van der Waals surface area contributed by atoms with Crippen LogP contribution < -0.4 is 15.0 Å². The zero-order chi connectivity index (χ0) is 16.9. The molecule has 0 aliphatic carbocycles. The molecule has 2 aromatic heterocycles. The summed E-state index contributed by atoms with van der Waals surface area (Å²) in [6.45, 7) is 4.71. The van der Waals surface area contributed by atoms with Crippen LogP contribution in [0.1, 0.15) is 12.6 Å². The van der Waals surface area contributed by atoms with E-state index < -0.39 is 0 Å². The maximum absolute atomic E-state index is 6.01. The molecular formula is C16H24N6O2. The van der Waals surface area contributed by atoms with Crippen LogP contribution in [0.15, 0.2) is 24.7 Å². The first-order valence-corrected chi connectivity index (χ1v) is 8.15. The van der Waals surface area contributed by atoms with Crippen LogP contribution in [-0.2, 0) is 17.8 Å². The highest BCUT2D eigenvalue weighted by atomic mass is 16.5. The molecule has 1 aliphatic rings. The molecule has 0 unspecified atom stereocenters. The summed E-state index contributed by atoms with van der Waals surface area (Å²) in [5.41, 5.74) is 0.943. The summed E-state index contributed by atoms with van der Waals surface area (Å²) in [7, 11) is 3.86. The SMILES string of the molecule is CCn1cc(O[C@@H]2COC[C@@H]2NCc2ccnc(N(C)C)n2)cn1. The summed E-state index contributed by atoms with van der Waals surface area (Å²) in [5.74, 6) is 1.48. The smallest absolute Gasteiger partial charge is 0.225 e. The maximum atomic E-state index is 6.01. The van der Waals surface area contributed by atoms with Gasteiger partial charge in [-0.25, -0.2) is 9.97 Å². The van der Waals surface area contributed by atoms with Crippen LogP contribution in [0.3, 0.4) is 0 Å². The van der Waals surface area contributed by atoms with Gasteiger partial charge in [-0.1, -0.05) is 0 Å². The number of hydrogen-bond acceptors (Lipinski definition) is 7. The topological polar surface area (TPSA) is 77.3 Å². The van der Waals surface area contributed by atoms with Gasteiger partial charge >= 0.3 is 0 Å². The summed E-state index contributed by atoms with van der Waals surface area (Å²) in [6.07, 6.45) is 5.39. The van der Waals surface area contributed by atoms with Crippen molar-refractivity contribution in [2.24, 2.45) is 0 Å². The number of aromatic nitrogens is 4. The average molecular weight is 332 g/mol. The predicted molar refractivity (Wildman–Crippen MR) is 90.1 cm³/mol. The van der Waals surface area contributed by atoms with Gasteiger partial charge in [0.15, 0.2) is 5.75 Å². The lowest BCUT2D eigenvalue weighted by Gasteiger charge is -2.19. The second kappa shape index (κ2) is 7.59. The molecule has 8 nitrogen and oxygen atoms in total. The van der Waals surface area contributed by atoms with E-state index in [1.54, 1.807) is 12.4 Å². The number of ether oxygens (including phenoxy) is 2. The molecule has 0 radical (unpaired) electrons. The monoisotopic (exact) mass is 332 g/mol. The fraction of sp³-hybridized carbons (Fsp3) is 0.562. The number of hydrogen-bond donors (Lipinski definition) is 1. The summed E-state index contributed by atoms with van der Waals surface area (Å²) >= 11 is 0. The van der Waals surface area contributed by atoms with Crippen molar-refractivity contribution >= 4 is 5.95 Å². The Hall–Kier alpha value is -2.19. The lowest BCUT2D eigenvalue weighted by molar-refractivity contribution is 0.139. The Kier molecular flexibility index (Phi) is 5.27. The molecule has 8 heteroatoms. The van der Waals surface area contributed by atoms with Gasteiger partial charge in [0, 0.05) is 33.4 Å². The Labute approximate surface area is 141 Å². The molecule has 0 spiro atoms. The molecule has 1 aliphatic heterocycles. The number of anilines is 1. The highest BCUT2D eigenvalue weighted by Gasteiger charge is 2.30. The fourth-order valence-electron chi connectivity index (χ4n) is 2.53. The number of rotatable bonds is 7. The predicted octanol–water partition coefficient (Wildman–Crippen LogP) is 0.695. The Bertz CT molecular complexity index is 660. The van der Waals surface area contributed by atoms with Gasteiger partial charge in [-0.2, -0.15) is 5.10 Å². The number of aryl methyl sites for hydroxylation is 1. The Morgan fingerprint density at radius 1 is 1.42 bits per heavy atom. The Morgan fingerprint density at radius 2 is 2.29 bits per heavy atom. The minimum absolute atomic E-state index is 0.0327. The second-order valence-corrected chi connectivity index (χ2v) is 5.96. The first-order chi connectivity index (χ1) is 11.7. The standard InChI is InChI=1S/C16H24N6O2/c1-4-22-9-13(8-19-22)24-15-11-23-10-14(15)18-7-12-5-6-17-16(20-12)21(2)3/h5-6,8-9,14-15,18H,4,7,10-11H2,1-3H3/t14-,15+/m0/s1. The largest absolute Gasteiger partial charge is 0.483 e. The molecule has 0 aromatic carbocycles. The van der Waals surface area contributed by atoms with Gasteiger partial charge in [-0.3, -0.25) is 4.68 Å². The third-order valence-corrected chi connectivity index (χ3v) is 3.90. The molecule has 2 aromatic rings. The van der Waals surface area contributed by atoms with Gasteiger partial charge in [0.1, 0.15) is 6.10 Å². The van der Waals surface area contributed by atoms with E-state index >= 15 is 0 Å². The highest BCUT2D eigenvalue weighted by Crippen LogP contribution is 2.17. The van der Waals surface area contributed by atoms with E-state index in [9.17, 15) is 0 Å². The molecular weight excluding hydrogens is 308 g/mol. The summed E-state index contributed by atoms with van der Waals surface area (Å²) in [6, 6.07) is 2.03. The number of nitrogens with one attached hydrogen (secondary N) is 1. The first kappa shape index (κ1) is 16.7. The van der Waals surface area contributed by atoms with Gasteiger partial charge in [0.05, 0.1) is 37.3 Å². The second-order valence-electron chi connectivity index (χ2n) is 5.96. The van der Waals surface area contributed by atoms with Crippen molar-refractivity contribution in [1.82, 2.24) is 25.1 Å². The molecule has 0 amide bonds. The molecule has 130 valence electrons. The van der Waals surface area contributed by atoms with Gasteiger partial charge in [0.2, 0.25) is 5.95 Å². The minimum Gasteiger partial charge on any atom is -0.483 e. The minimum atomic E-state index is -0.0327. The molecule has 1 fully saturated rings. The van der Waals surface area contributed by atoms with E-state index in [4.69, 9.17) is 9.47 Å². The summed E-state index contributed by atoms with van der Waals surface area (Å²) in [5, 5.41) is 7.70. The molecule has 0 saturated carbocycles. The molecule has 24 heavy (non-hydrogen) atoms. The van der Waals surface area contributed by atoms with Crippen molar-refractivity contribution < 1.29 is 9.47 Å². The van der Waals surface area contributed by atoms with E-state index in [-0.39, 0.29) is 12.1 Å². The van der Waals surface area contributed by atoms with Crippen LogP contribution in [0.5, 0.6) is 5.75 Å². The average Bonchev–Trinajstić information content (AvgIpc) is 3.23. The Morgan fingerprint density at radius 3 is 3.04 bits per heavy atom. The van der Waals surface area contributed by atoms with Gasteiger partial charge < -0.3 is 19.7 Å². The molecule has 2 atom stereocenters. The molecule has 1 saturated heterocycles. The van der Waals surface area contributed by atoms with Crippen molar-refractivity contribution in [3.8, 4) is 5.75 Å². The van der Waals surface area contributed by atoms with E-state index in [0.29, 0.717) is 25.7 Å². The van der Waals surface area contributed by atoms with Crippen LogP contribution in [0.2, 0.25) is 0 Å². The van der Waals surface area contributed by atoms with Crippen LogP contribution in [0.25, 0.3) is 0 Å². The molecule has 3 rings (SSSR count). The molecule has 0 bridgehead atoms. The zero-order valence-corrected chi connectivity index (χ0v) is 14.3. The molecule has 3 heterocycles. The van der Waals surface area contributed by atoms with E-state index in [2.05, 4.69) is 20.4 Å². The van der Waals surface area contributed by atoms with Crippen molar-refractivity contribution in [2.45, 2.75) is 32.2 Å². The fourth-order valence-corrected chi connectivity index (χ4v) is 2.53. The van der Waals surface area contributed by atoms with Gasteiger partial charge in [-0.15, -0.1) is 0 Å². The maximum Gasteiger partial charge on any atom is 0.225 e. The Balaban J connectivity index is 1.56. The lowest BCUT2D eigenvalue weighted by atomic mass is 10.2. The van der Waals surface area contributed by atoms with Crippen LogP contribution in [-0.4, -0.2) is 59.2 Å². The van der Waals surface area contributed by atoms with E-state index in [0.717, 1.165) is 18.0 Å². The third kappa shape index (κ3) is 4.01. The van der Waals surface area contributed by atoms with Crippen molar-refractivity contribution in [2.75, 3.05) is 32.2 Å². The van der Waals surface area contributed by atoms with Crippen molar-refractivity contribution in [3.63, 3.8) is 0 Å². The molecule has 1 N–H and O–H groups in total. The van der Waals surface area contributed by atoms with Crippen LogP contribution >= 0.6 is 0 Å². The van der Waals surface area contributed by atoms with Gasteiger partial charge in [0.25, 0.3) is 0 Å². The van der Waals surface area contributed by atoms with Gasteiger partial charge in [-0.05, 0) is 13.0 Å². The van der Waals surface area contributed by atoms with Crippen molar-refractivity contribution in [1.29, 1.82) is 0 Å². The third-order valence-electron chi connectivity index (χ3n) is 3.90. The van der Waals surface area contributed by atoms with E-state index in [1.807, 2.05) is 42.9 Å². The summed E-state index contributed by atoms with van der Waals surface area (Å²) in [4.78, 5) is 10.6. The van der Waals surface area contributed by atoms with E-state index in [1.165, 1.54) is 0 Å². The quantitative estimate of drug-likeness (QED) is 0.799. The van der Waals surface area contributed by atoms with Crippen LogP contribution in [0, 0.1) is 0 Å². The zero-order valence-electron chi connectivity index (χ0n) is 14.3. The lowest BCUT2D eigenvalue weighted by Crippen LogP contribution is -2.41. The number of nitrogens with zero attached hydrogens (tertiary/aromatic N) is 5. The first-order valence-electron chi connectivity index (χ1n) is 8.15. The highest BCUT2D eigenvalue weighted by molar-refractivity contribution is 5.27. The van der Waals surface area contributed by atoms with Crippen molar-refractivity contribution in [3.05, 3.63) is 30.4 Å².